The zero-order chi connectivity index (χ0) is 13.3. The van der Waals surface area contributed by atoms with E-state index in [1.54, 1.807) is 13.8 Å². The molecular weight excluding hydrogens is 214 g/mol. The quantitative estimate of drug-likeness (QED) is 0.733. The smallest absolute Gasteiger partial charge is 0.133 e. The third-order valence-corrected chi connectivity index (χ3v) is 3.71. The van der Waals surface area contributed by atoms with Crippen molar-refractivity contribution in [2.45, 2.75) is 32.9 Å². The highest BCUT2D eigenvalue weighted by Gasteiger charge is 2.37. The molecule has 0 aromatic heterocycles. The van der Waals surface area contributed by atoms with Gasteiger partial charge in [-0.3, -0.25) is 0 Å². The van der Waals surface area contributed by atoms with Crippen molar-refractivity contribution in [3.8, 4) is 0 Å². The van der Waals surface area contributed by atoms with E-state index in [9.17, 15) is 9.90 Å². The molecule has 0 saturated carbocycles. The molecule has 0 aliphatic rings. The van der Waals surface area contributed by atoms with Crippen molar-refractivity contribution in [2.75, 3.05) is 14.1 Å². The number of carbonyl (C=O) groups excluding carboxylic acids is 1. The third kappa shape index (κ3) is 2.86. The van der Waals surface area contributed by atoms with E-state index in [2.05, 4.69) is 0 Å². The summed E-state index contributed by atoms with van der Waals surface area (Å²) >= 11 is 0. The van der Waals surface area contributed by atoms with Gasteiger partial charge in [0.1, 0.15) is 18.1 Å². The largest absolute Gasteiger partial charge is 0.544 e. The predicted molar refractivity (Wildman–Crippen MR) is 66.1 cm³/mol. The number of aliphatic carboxylic acids is 1. The second-order valence-electron chi connectivity index (χ2n) is 5.68. The lowest BCUT2D eigenvalue weighted by Gasteiger charge is -2.45. The summed E-state index contributed by atoms with van der Waals surface area (Å²) in [6.07, 6.45) is 0. The van der Waals surface area contributed by atoms with Crippen LogP contribution in [0.15, 0.2) is 24.3 Å². The van der Waals surface area contributed by atoms with Crippen molar-refractivity contribution in [1.29, 1.82) is 0 Å². The third-order valence-electron chi connectivity index (χ3n) is 3.71. The summed E-state index contributed by atoms with van der Waals surface area (Å²) in [6.45, 7) is 6.11. The second kappa shape index (κ2) is 4.49. The Bertz CT molecular complexity index is 405. The molecule has 0 unspecified atom stereocenters. The molecule has 3 nitrogen and oxygen atoms in total. The highest BCUT2D eigenvalue weighted by atomic mass is 16.4. The van der Waals surface area contributed by atoms with Crippen LogP contribution in [-0.4, -0.2) is 30.1 Å². The SMILES string of the molecule is Cc1ccc(C[N+](C)(C)C(C)(C)C(=O)[O-])cc1. The monoisotopic (exact) mass is 235 g/mol. The fourth-order valence-electron chi connectivity index (χ4n) is 1.59. The second-order valence-corrected chi connectivity index (χ2v) is 5.68. The number of likely N-dealkylation sites (N-methyl/N-ethyl adjacent to an activating group) is 1. The van der Waals surface area contributed by atoms with Crippen molar-refractivity contribution >= 4 is 5.97 Å². The van der Waals surface area contributed by atoms with E-state index in [1.165, 1.54) is 5.56 Å². The Hall–Kier alpha value is -1.35. The Labute approximate surface area is 103 Å². The van der Waals surface area contributed by atoms with Crippen LogP contribution in [0.1, 0.15) is 25.0 Å². The Morgan fingerprint density at radius 3 is 2.12 bits per heavy atom. The van der Waals surface area contributed by atoms with E-state index in [0.717, 1.165) is 5.56 Å². The van der Waals surface area contributed by atoms with E-state index in [4.69, 9.17) is 0 Å². The van der Waals surface area contributed by atoms with Crippen LogP contribution in [0.4, 0.5) is 0 Å². The first-order valence-electron chi connectivity index (χ1n) is 5.77. The minimum atomic E-state index is -1.02. The van der Waals surface area contributed by atoms with Crippen molar-refractivity contribution in [3.05, 3.63) is 35.4 Å². The van der Waals surface area contributed by atoms with Gasteiger partial charge in [-0.1, -0.05) is 29.8 Å². The molecular formula is C14H21NO2. The van der Waals surface area contributed by atoms with Gasteiger partial charge in [-0.2, -0.15) is 0 Å². The van der Waals surface area contributed by atoms with Gasteiger partial charge in [-0.05, 0) is 20.8 Å². The van der Waals surface area contributed by atoms with Crippen LogP contribution in [0.2, 0.25) is 0 Å². The Morgan fingerprint density at radius 1 is 1.24 bits per heavy atom. The van der Waals surface area contributed by atoms with Crippen molar-refractivity contribution in [1.82, 2.24) is 0 Å². The van der Waals surface area contributed by atoms with Crippen LogP contribution < -0.4 is 5.11 Å². The highest BCUT2D eigenvalue weighted by Crippen LogP contribution is 2.23. The number of rotatable bonds is 4. The maximum absolute atomic E-state index is 11.2. The summed E-state index contributed by atoms with van der Waals surface area (Å²) in [6, 6.07) is 8.17. The van der Waals surface area contributed by atoms with Crippen molar-refractivity contribution < 1.29 is 14.4 Å². The number of hydrogen-bond acceptors (Lipinski definition) is 2. The molecule has 0 bridgehead atoms. The Balaban J connectivity index is 2.93. The van der Waals surface area contributed by atoms with E-state index in [1.807, 2.05) is 45.3 Å². The van der Waals surface area contributed by atoms with Crippen LogP contribution in [0, 0.1) is 6.92 Å². The molecule has 0 amide bonds. The lowest BCUT2D eigenvalue weighted by Crippen LogP contribution is -2.63. The zero-order valence-electron chi connectivity index (χ0n) is 11.3. The normalized spacial score (nSPS) is 12.5. The van der Waals surface area contributed by atoms with Crippen LogP contribution in [0.3, 0.4) is 0 Å². The van der Waals surface area contributed by atoms with Gasteiger partial charge in [-0.15, -0.1) is 0 Å². The minimum Gasteiger partial charge on any atom is -0.544 e. The number of aryl methyl sites for hydroxylation is 1. The standard InChI is InChI=1S/C14H21NO2/c1-11-6-8-12(9-7-11)10-15(4,5)14(2,3)13(16)17/h6-9H,10H2,1-5H3. The summed E-state index contributed by atoms with van der Waals surface area (Å²) < 4.78 is 0.360. The molecule has 0 N–H and O–H groups in total. The van der Waals surface area contributed by atoms with E-state index in [-0.39, 0.29) is 0 Å². The molecule has 1 aromatic rings. The van der Waals surface area contributed by atoms with E-state index >= 15 is 0 Å². The van der Waals surface area contributed by atoms with Crippen molar-refractivity contribution in [2.24, 2.45) is 0 Å². The fourth-order valence-corrected chi connectivity index (χ4v) is 1.59. The fraction of sp³-hybridized carbons (Fsp3) is 0.500. The zero-order valence-corrected chi connectivity index (χ0v) is 11.3. The number of carbonyl (C=O) groups is 1. The van der Waals surface area contributed by atoms with Gasteiger partial charge in [0.05, 0.1) is 14.1 Å². The molecule has 0 saturated heterocycles. The Morgan fingerprint density at radius 2 is 1.71 bits per heavy atom. The molecule has 1 aromatic carbocycles. The Kier molecular flexibility index (Phi) is 3.62. The van der Waals surface area contributed by atoms with Crippen LogP contribution >= 0.6 is 0 Å². The molecule has 0 atom stereocenters. The van der Waals surface area contributed by atoms with E-state index in [0.29, 0.717) is 11.0 Å². The molecule has 0 spiro atoms. The van der Waals surface area contributed by atoms with Crippen LogP contribution in [0.25, 0.3) is 0 Å². The number of carboxylic acid groups (broad SMARTS) is 1. The minimum absolute atomic E-state index is 0.360. The number of benzene rings is 1. The maximum Gasteiger partial charge on any atom is 0.133 e. The number of quaternary nitrogens is 1. The summed E-state index contributed by atoms with van der Waals surface area (Å²) in [5, 5.41) is 11.2. The molecule has 0 radical (unpaired) electrons. The van der Waals surface area contributed by atoms with Crippen molar-refractivity contribution in [3.63, 3.8) is 0 Å². The first-order chi connectivity index (χ1) is 7.67. The topological polar surface area (TPSA) is 40.1 Å². The highest BCUT2D eigenvalue weighted by molar-refractivity contribution is 5.73. The summed E-state index contributed by atoms with van der Waals surface area (Å²) in [5.41, 5.74) is 1.43. The van der Waals surface area contributed by atoms with Gasteiger partial charge >= 0.3 is 0 Å². The molecule has 17 heavy (non-hydrogen) atoms. The van der Waals surface area contributed by atoms with Gasteiger partial charge < -0.3 is 14.4 Å². The lowest BCUT2D eigenvalue weighted by atomic mass is 9.99. The lowest BCUT2D eigenvalue weighted by molar-refractivity contribution is -0.942. The van der Waals surface area contributed by atoms with Gasteiger partial charge in [0.2, 0.25) is 0 Å². The average Bonchev–Trinajstić information content (AvgIpc) is 2.20. The molecule has 0 fully saturated rings. The summed E-state index contributed by atoms with van der Waals surface area (Å²) in [7, 11) is 3.82. The molecule has 94 valence electrons. The van der Waals surface area contributed by atoms with Gasteiger partial charge in [0.15, 0.2) is 0 Å². The molecule has 3 heteroatoms. The average molecular weight is 235 g/mol. The first kappa shape index (κ1) is 13.7. The van der Waals surface area contributed by atoms with Crippen LogP contribution in [0.5, 0.6) is 0 Å². The molecule has 1 rings (SSSR count). The number of hydrogen-bond donors (Lipinski definition) is 0. The van der Waals surface area contributed by atoms with Gasteiger partial charge in [0, 0.05) is 5.56 Å². The predicted octanol–water partition coefficient (Wildman–Crippen LogP) is 1.10. The summed E-state index contributed by atoms with van der Waals surface area (Å²) in [4.78, 5) is 11.2. The summed E-state index contributed by atoms with van der Waals surface area (Å²) in [5.74, 6) is -1.02. The molecule has 0 aliphatic carbocycles. The maximum atomic E-state index is 11.2. The molecule has 0 aliphatic heterocycles. The van der Waals surface area contributed by atoms with Gasteiger partial charge in [-0.25, -0.2) is 0 Å². The number of carboxylic acids is 1. The van der Waals surface area contributed by atoms with Crippen LogP contribution in [-0.2, 0) is 11.3 Å². The first-order valence-corrected chi connectivity index (χ1v) is 5.77. The number of nitrogens with zero attached hydrogens (tertiary/aromatic N) is 1. The van der Waals surface area contributed by atoms with E-state index < -0.39 is 11.5 Å². The van der Waals surface area contributed by atoms with Gasteiger partial charge in [0.25, 0.3) is 0 Å². The molecule has 0 heterocycles.